The second kappa shape index (κ2) is 8.86. The molecule has 1 amide bonds. The van der Waals surface area contributed by atoms with Gasteiger partial charge in [0.1, 0.15) is 5.82 Å². The van der Waals surface area contributed by atoms with Gasteiger partial charge in [0.25, 0.3) is 5.91 Å². The fourth-order valence-corrected chi connectivity index (χ4v) is 2.93. The maximum Gasteiger partial charge on any atom is 0.252 e. The van der Waals surface area contributed by atoms with Crippen molar-refractivity contribution in [1.29, 1.82) is 0 Å². The van der Waals surface area contributed by atoms with E-state index in [0.717, 1.165) is 16.9 Å². The van der Waals surface area contributed by atoms with Crippen molar-refractivity contribution in [3.8, 4) is 0 Å². The van der Waals surface area contributed by atoms with Crippen LogP contribution in [0.2, 0.25) is 0 Å². The molecule has 0 spiro atoms. The Balaban J connectivity index is 1.58. The highest BCUT2D eigenvalue weighted by atomic mass is 19.1. The van der Waals surface area contributed by atoms with Crippen LogP contribution in [0.25, 0.3) is 0 Å². The fraction of sp³-hybridized carbons (Fsp3) is 0.250. The van der Waals surface area contributed by atoms with Gasteiger partial charge in [0.15, 0.2) is 0 Å². The van der Waals surface area contributed by atoms with Crippen LogP contribution in [0.1, 0.15) is 42.3 Å². The predicted octanol–water partition coefficient (Wildman–Crippen LogP) is 5.23. The summed E-state index contributed by atoms with van der Waals surface area (Å²) in [5.41, 5.74) is 4.51. The normalized spacial score (nSPS) is 11.2. The van der Waals surface area contributed by atoms with Crippen molar-refractivity contribution in [2.45, 2.75) is 32.6 Å². The lowest BCUT2D eigenvalue weighted by molar-refractivity contribution is 0.0954. The molecule has 0 saturated carbocycles. The molecule has 150 valence electrons. The maximum atomic E-state index is 12.9. The first-order chi connectivity index (χ1) is 13.8. The van der Waals surface area contributed by atoms with Crippen LogP contribution in [0.15, 0.2) is 67.0 Å². The number of carbonyl (C=O) groups excluding carboxylic acids is 1. The molecule has 0 saturated heterocycles. The number of carbonyl (C=O) groups is 1. The van der Waals surface area contributed by atoms with Crippen molar-refractivity contribution in [3.63, 3.8) is 0 Å². The van der Waals surface area contributed by atoms with Crippen molar-refractivity contribution in [1.82, 2.24) is 10.3 Å². The van der Waals surface area contributed by atoms with E-state index in [2.05, 4.69) is 48.5 Å². The van der Waals surface area contributed by atoms with Crippen LogP contribution in [-0.2, 0) is 11.8 Å². The van der Waals surface area contributed by atoms with Crippen molar-refractivity contribution in [2.24, 2.45) is 0 Å². The number of hydrogen-bond donors (Lipinski definition) is 2. The predicted molar refractivity (Wildman–Crippen MR) is 115 cm³/mol. The summed E-state index contributed by atoms with van der Waals surface area (Å²) < 4.78 is 12.9. The van der Waals surface area contributed by atoms with Crippen LogP contribution in [0, 0.1) is 5.82 Å². The third-order valence-electron chi connectivity index (χ3n) is 4.65. The van der Waals surface area contributed by atoms with Crippen molar-refractivity contribution < 1.29 is 9.18 Å². The highest BCUT2D eigenvalue weighted by Gasteiger charge is 2.13. The molecular formula is C24H26FN3O. The molecular weight excluding hydrogens is 365 g/mol. The van der Waals surface area contributed by atoms with E-state index in [1.54, 1.807) is 30.6 Å². The number of aromatic nitrogens is 1. The molecule has 29 heavy (non-hydrogen) atoms. The Morgan fingerprint density at radius 3 is 2.31 bits per heavy atom. The molecule has 0 atom stereocenters. The second-order valence-corrected chi connectivity index (χ2v) is 8.05. The van der Waals surface area contributed by atoms with Gasteiger partial charge in [-0.1, -0.05) is 45.0 Å². The number of amides is 1. The van der Waals surface area contributed by atoms with E-state index in [4.69, 9.17) is 0 Å². The average Bonchev–Trinajstić information content (AvgIpc) is 2.69. The van der Waals surface area contributed by atoms with E-state index in [1.807, 2.05) is 12.1 Å². The van der Waals surface area contributed by atoms with Crippen LogP contribution in [0.4, 0.5) is 15.8 Å². The van der Waals surface area contributed by atoms with E-state index in [1.165, 1.54) is 17.7 Å². The molecule has 2 N–H and O–H groups in total. The molecule has 0 radical (unpaired) electrons. The largest absolute Gasteiger partial charge is 0.354 e. The fourth-order valence-electron chi connectivity index (χ4n) is 2.93. The molecule has 0 unspecified atom stereocenters. The Hall–Kier alpha value is -3.21. The Labute approximate surface area is 171 Å². The van der Waals surface area contributed by atoms with E-state index < -0.39 is 0 Å². The number of rotatable bonds is 6. The van der Waals surface area contributed by atoms with Gasteiger partial charge in [-0.3, -0.25) is 9.78 Å². The van der Waals surface area contributed by atoms with Gasteiger partial charge in [-0.25, -0.2) is 4.39 Å². The quantitative estimate of drug-likeness (QED) is 0.605. The lowest BCUT2D eigenvalue weighted by atomic mass is 9.87. The second-order valence-electron chi connectivity index (χ2n) is 8.05. The van der Waals surface area contributed by atoms with Crippen LogP contribution in [0.3, 0.4) is 0 Å². The molecule has 1 aromatic heterocycles. The Morgan fingerprint density at radius 1 is 0.966 bits per heavy atom. The third kappa shape index (κ3) is 5.88. The molecule has 0 aliphatic heterocycles. The topological polar surface area (TPSA) is 54.0 Å². The summed E-state index contributed by atoms with van der Waals surface area (Å²) in [6, 6.07) is 16.3. The molecule has 3 rings (SSSR count). The molecule has 1 heterocycles. The molecule has 4 nitrogen and oxygen atoms in total. The van der Waals surface area contributed by atoms with Crippen molar-refractivity contribution >= 4 is 17.3 Å². The summed E-state index contributed by atoms with van der Waals surface area (Å²) in [5, 5.41) is 6.16. The Morgan fingerprint density at radius 2 is 1.66 bits per heavy atom. The summed E-state index contributed by atoms with van der Waals surface area (Å²) in [6.45, 7) is 7.00. The standard InChI is InChI=1S/C24H26FN3O/c1-24(2,3)19-6-10-21(11-7-19)28-22-14-18(15-26-16-22)23(29)27-13-12-17-4-8-20(25)9-5-17/h4-11,14-16,28H,12-13H2,1-3H3,(H,27,29). The summed E-state index contributed by atoms with van der Waals surface area (Å²) in [5.74, 6) is -0.451. The zero-order valence-corrected chi connectivity index (χ0v) is 17.0. The minimum absolute atomic E-state index is 0.103. The lowest BCUT2D eigenvalue weighted by Crippen LogP contribution is -2.25. The van der Waals surface area contributed by atoms with Crippen LogP contribution < -0.4 is 10.6 Å². The van der Waals surface area contributed by atoms with E-state index in [9.17, 15) is 9.18 Å². The average molecular weight is 391 g/mol. The number of pyridine rings is 1. The van der Waals surface area contributed by atoms with Gasteiger partial charge in [-0.2, -0.15) is 0 Å². The highest BCUT2D eigenvalue weighted by molar-refractivity contribution is 5.94. The Bertz CT molecular complexity index is 961. The van der Waals surface area contributed by atoms with E-state index in [-0.39, 0.29) is 17.1 Å². The molecule has 3 aromatic rings. The van der Waals surface area contributed by atoms with Crippen molar-refractivity contribution in [3.05, 3.63) is 89.5 Å². The number of nitrogens with zero attached hydrogens (tertiary/aromatic N) is 1. The summed E-state index contributed by atoms with van der Waals surface area (Å²) in [4.78, 5) is 16.6. The van der Waals surface area contributed by atoms with E-state index in [0.29, 0.717) is 18.5 Å². The summed E-state index contributed by atoms with van der Waals surface area (Å²) in [6.07, 6.45) is 3.87. The van der Waals surface area contributed by atoms with Gasteiger partial charge in [0.2, 0.25) is 0 Å². The minimum Gasteiger partial charge on any atom is -0.354 e. The third-order valence-corrected chi connectivity index (χ3v) is 4.65. The van der Waals surface area contributed by atoms with Gasteiger partial charge in [-0.15, -0.1) is 0 Å². The van der Waals surface area contributed by atoms with Gasteiger partial charge >= 0.3 is 0 Å². The van der Waals surface area contributed by atoms with Crippen LogP contribution in [0.5, 0.6) is 0 Å². The number of nitrogens with one attached hydrogen (secondary N) is 2. The van der Waals surface area contributed by atoms with Crippen molar-refractivity contribution in [2.75, 3.05) is 11.9 Å². The molecule has 0 aliphatic carbocycles. The zero-order valence-electron chi connectivity index (χ0n) is 17.0. The first-order valence-corrected chi connectivity index (χ1v) is 9.66. The monoisotopic (exact) mass is 391 g/mol. The summed E-state index contributed by atoms with van der Waals surface area (Å²) in [7, 11) is 0. The number of anilines is 2. The smallest absolute Gasteiger partial charge is 0.252 e. The van der Waals surface area contributed by atoms with Crippen LogP contribution in [-0.4, -0.2) is 17.4 Å². The molecule has 2 aromatic carbocycles. The van der Waals surface area contributed by atoms with Gasteiger partial charge in [0, 0.05) is 18.4 Å². The molecule has 0 aliphatic rings. The van der Waals surface area contributed by atoms with Gasteiger partial charge < -0.3 is 10.6 Å². The van der Waals surface area contributed by atoms with E-state index >= 15 is 0 Å². The number of hydrogen-bond acceptors (Lipinski definition) is 3. The highest BCUT2D eigenvalue weighted by Crippen LogP contribution is 2.25. The number of benzene rings is 2. The molecule has 0 fully saturated rings. The number of halogens is 1. The first kappa shape index (κ1) is 20.5. The van der Waals surface area contributed by atoms with Gasteiger partial charge in [0.05, 0.1) is 17.4 Å². The molecule has 0 bridgehead atoms. The van der Waals surface area contributed by atoms with Gasteiger partial charge in [-0.05, 0) is 53.3 Å². The maximum absolute atomic E-state index is 12.9. The molecule has 5 heteroatoms. The van der Waals surface area contributed by atoms with Crippen LogP contribution >= 0.6 is 0 Å². The zero-order chi connectivity index (χ0) is 20.9. The SMILES string of the molecule is CC(C)(C)c1ccc(Nc2cncc(C(=O)NCCc3ccc(F)cc3)c2)cc1. The Kier molecular flexibility index (Phi) is 6.27. The minimum atomic E-state index is -0.263. The lowest BCUT2D eigenvalue weighted by Gasteiger charge is -2.19. The summed E-state index contributed by atoms with van der Waals surface area (Å²) >= 11 is 0. The first-order valence-electron chi connectivity index (χ1n) is 9.66.